The SMILES string of the molecule is CN(Cc1ccccn1)Cc1ccc(CN)s1. The Labute approximate surface area is 106 Å². The van der Waals surface area contributed by atoms with Crippen LogP contribution in [0.3, 0.4) is 0 Å². The van der Waals surface area contributed by atoms with E-state index in [1.807, 2.05) is 18.3 Å². The molecule has 2 N–H and O–H groups in total. The maximum Gasteiger partial charge on any atom is 0.0543 e. The van der Waals surface area contributed by atoms with Gasteiger partial charge in [-0.2, -0.15) is 0 Å². The smallest absolute Gasteiger partial charge is 0.0543 e. The molecule has 0 unspecified atom stereocenters. The fourth-order valence-corrected chi connectivity index (χ4v) is 2.68. The summed E-state index contributed by atoms with van der Waals surface area (Å²) in [5.74, 6) is 0. The molecule has 2 rings (SSSR count). The van der Waals surface area contributed by atoms with Gasteiger partial charge in [-0.05, 0) is 31.3 Å². The fourth-order valence-electron chi connectivity index (χ4n) is 1.71. The van der Waals surface area contributed by atoms with E-state index < -0.39 is 0 Å². The topological polar surface area (TPSA) is 42.2 Å². The Bertz CT molecular complexity index is 453. The molecule has 3 nitrogen and oxygen atoms in total. The second kappa shape index (κ2) is 5.91. The van der Waals surface area contributed by atoms with Gasteiger partial charge in [-0.15, -0.1) is 11.3 Å². The van der Waals surface area contributed by atoms with E-state index >= 15 is 0 Å². The van der Waals surface area contributed by atoms with Crippen LogP contribution >= 0.6 is 11.3 Å². The van der Waals surface area contributed by atoms with Crippen LogP contribution in [0.2, 0.25) is 0 Å². The Kier molecular flexibility index (Phi) is 4.25. The number of thiophene rings is 1. The Morgan fingerprint density at radius 3 is 2.65 bits per heavy atom. The Morgan fingerprint density at radius 2 is 2.00 bits per heavy atom. The zero-order valence-electron chi connectivity index (χ0n) is 9.97. The average molecular weight is 247 g/mol. The third-order valence-corrected chi connectivity index (χ3v) is 3.59. The molecular formula is C13H17N3S. The predicted molar refractivity (Wildman–Crippen MR) is 71.6 cm³/mol. The first-order valence-electron chi connectivity index (χ1n) is 5.64. The maximum absolute atomic E-state index is 5.60. The van der Waals surface area contributed by atoms with Crippen molar-refractivity contribution < 1.29 is 0 Å². The molecule has 0 fully saturated rings. The molecule has 17 heavy (non-hydrogen) atoms. The molecule has 2 aromatic heterocycles. The molecule has 0 aromatic carbocycles. The second-order valence-corrected chi connectivity index (χ2v) is 5.32. The summed E-state index contributed by atoms with van der Waals surface area (Å²) in [7, 11) is 2.11. The van der Waals surface area contributed by atoms with Gasteiger partial charge in [-0.1, -0.05) is 6.07 Å². The van der Waals surface area contributed by atoms with Crippen LogP contribution in [0.5, 0.6) is 0 Å². The van der Waals surface area contributed by atoms with Gasteiger partial charge in [0.25, 0.3) is 0 Å². The van der Waals surface area contributed by atoms with E-state index in [4.69, 9.17) is 5.73 Å². The number of hydrogen-bond donors (Lipinski definition) is 1. The predicted octanol–water partition coefficient (Wildman–Crippen LogP) is 2.23. The third-order valence-electron chi connectivity index (χ3n) is 2.50. The lowest BCUT2D eigenvalue weighted by molar-refractivity contribution is 0.318. The number of hydrogen-bond acceptors (Lipinski definition) is 4. The molecule has 0 bridgehead atoms. The quantitative estimate of drug-likeness (QED) is 0.881. The van der Waals surface area contributed by atoms with Gasteiger partial charge in [0.05, 0.1) is 5.69 Å². The van der Waals surface area contributed by atoms with Gasteiger partial charge in [0.15, 0.2) is 0 Å². The zero-order valence-corrected chi connectivity index (χ0v) is 10.8. The van der Waals surface area contributed by atoms with Crippen LogP contribution < -0.4 is 5.73 Å². The minimum atomic E-state index is 0.634. The summed E-state index contributed by atoms with van der Waals surface area (Å²) in [4.78, 5) is 9.17. The number of nitrogens with zero attached hydrogens (tertiary/aromatic N) is 2. The molecule has 2 heterocycles. The molecule has 0 spiro atoms. The highest BCUT2D eigenvalue weighted by Gasteiger charge is 2.04. The molecule has 4 heteroatoms. The van der Waals surface area contributed by atoms with Crippen molar-refractivity contribution in [3.05, 3.63) is 52.0 Å². The summed E-state index contributed by atoms with van der Waals surface area (Å²) in [5.41, 5.74) is 6.71. The first-order valence-corrected chi connectivity index (χ1v) is 6.45. The van der Waals surface area contributed by atoms with Gasteiger partial charge in [-0.25, -0.2) is 0 Å². The normalized spacial score (nSPS) is 11.0. The minimum absolute atomic E-state index is 0.634. The lowest BCUT2D eigenvalue weighted by Crippen LogP contribution is -2.17. The molecule has 0 saturated carbocycles. The molecule has 2 aromatic rings. The van der Waals surface area contributed by atoms with Crippen LogP contribution in [0, 0.1) is 0 Å². The van der Waals surface area contributed by atoms with Crippen molar-refractivity contribution in [2.75, 3.05) is 7.05 Å². The first-order chi connectivity index (χ1) is 8.28. The monoisotopic (exact) mass is 247 g/mol. The van der Waals surface area contributed by atoms with E-state index in [-0.39, 0.29) is 0 Å². The lowest BCUT2D eigenvalue weighted by Gasteiger charge is -2.14. The highest BCUT2D eigenvalue weighted by Crippen LogP contribution is 2.17. The van der Waals surface area contributed by atoms with E-state index in [9.17, 15) is 0 Å². The van der Waals surface area contributed by atoms with Crippen molar-refractivity contribution in [1.29, 1.82) is 0 Å². The van der Waals surface area contributed by atoms with E-state index in [1.54, 1.807) is 11.3 Å². The summed E-state index contributed by atoms with van der Waals surface area (Å²) >= 11 is 1.78. The number of aromatic nitrogens is 1. The standard InChI is InChI=1S/C13H17N3S/c1-16(9-11-4-2-3-7-15-11)10-13-6-5-12(8-14)17-13/h2-7H,8-10,14H2,1H3. The van der Waals surface area contributed by atoms with Gasteiger partial charge in [0, 0.05) is 35.6 Å². The van der Waals surface area contributed by atoms with Crippen LogP contribution in [-0.2, 0) is 19.6 Å². The summed E-state index contributed by atoms with van der Waals surface area (Å²) < 4.78 is 0. The van der Waals surface area contributed by atoms with E-state index in [0.717, 1.165) is 18.8 Å². The number of pyridine rings is 1. The third kappa shape index (κ3) is 3.63. The van der Waals surface area contributed by atoms with Gasteiger partial charge < -0.3 is 5.73 Å². The Morgan fingerprint density at radius 1 is 1.18 bits per heavy atom. The number of nitrogens with two attached hydrogens (primary N) is 1. The lowest BCUT2D eigenvalue weighted by atomic mass is 10.3. The Balaban J connectivity index is 1.91. The van der Waals surface area contributed by atoms with Gasteiger partial charge >= 0.3 is 0 Å². The van der Waals surface area contributed by atoms with E-state index in [0.29, 0.717) is 6.54 Å². The summed E-state index contributed by atoms with van der Waals surface area (Å²) in [6.07, 6.45) is 1.83. The molecule has 0 amide bonds. The zero-order chi connectivity index (χ0) is 12.1. The minimum Gasteiger partial charge on any atom is -0.326 e. The van der Waals surface area contributed by atoms with Crippen LogP contribution in [-0.4, -0.2) is 16.9 Å². The fraction of sp³-hybridized carbons (Fsp3) is 0.308. The maximum atomic E-state index is 5.60. The van der Waals surface area contributed by atoms with Crippen molar-refractivity contribution in [3.63, 3.8) is 0 Å². The molecular weight excluding hydrogens is 230 g/mol. The van der Waals surface area contributed by atoms with E-state index in [2.05, 4.69) is 35.1 Å². The van der Waals surface area contributed by atoms with Crippen molar-refractivity contribution in [2.45, 2.75) is 19.6 Å². The molecule has 0 aliphatic rings. The summed E-state index contributed by atoms with van der Waals surface area (Å²) in [6.45, 7) is 2.45. The van der Waals surface area contributed by atoms with Gasteiger partial charge in [0.2, 0.25) is 0 Å². The molecule has 0 saturated heterocycles. The van der Waals surface area contributed by atoms with Crippen LogP contribution in [0.1, 0.15) is 15.4 Å². The Hall–Kier alpha value is -1.23. The molecule has 0 aliphatic heterocycles. The van der Waals surface area contributed by atoms with Gasteiger partial charge in [-0.3, -0.25) is 9.88 Å². The van der Waals surface area contributed by atoms with Crippen LogP contribution in [0.15, 0.2) is 36.5 Å². The average Bonchev–Trinajstić information content (AvgIpc) is 2.78. The summed E-state index contributed by atoms with van der Waals surface area (Å²) in [6, 6.07) is 10.3. The molecule has 0 aliphatic carbocycles. The van der Waals surface area contributed by atoms with Crippen molar-refractivity contribution >= 4 is 11.3 Å². The van der Waals surface area contributed by atoms with Crippen molar-refractivity contribution in [2.24, 2.45) is 5.73 Å². The highest BCUT2D eigenvalue weighted by atomic mass is 32.1. The second-order valence-electron chi connectivity index (χ2n) is 4.07. The van der Waals surface area contributed by atoms with Crippen LogP contribution in [0.25, 0.3) is 0 Å². The van der Waals surface area contributed by atoms with Crippen LogP contribution in [0.4, 0.5) is 0 Å². The molecule has 0 radical (unpaired) electrons. The molecule has 0 atom stereocenters. The van der Waals surface area contributed by atoms with Crippen molar-refractivity contribution in [1.82, 2.24) is 9.88 Å². The van der Waals surface area contributed by atoms with Crippen molar-refractivity contribution in [3.8, 4) is 0 Å². The van der Waals surface area contributed by atoms with E-state index in [1.165, 1.54) is 9.75 Å². The highest BCUT2D eigenvalue weighted by molar-refractivity contribution is 7.11. The largest absolute Gasteiger partial charge is 0.326 e. The number of rotatable bonds is 5. The van der Waals surface area contributed by atoms with Gasteiger partial charge in [0.1, 0.15) is 0 Å². The molecule has 90 valence electrons. The summed E-state index contributed by atoms with van der Waals surface area (Å²) in [5, 5.41) is 0. The first kappa shape index (κ1) is 12.2.